The Morgan fingerprint density at radius 1 is 1.55 bits per heavy atom. The largest absolute Gasteiger partial charge is 0.444 e. The zero-order valence-electron chi connectivity index (χ0n) is 13.2. The number of nitrogens with zero attached hydrogens (tertiary/aromatic N) is 2. The van der Waals surface area contributed by atoms with Gasteiger partial charge in [-0.15, -0.1) is 0 Å². The Bertz CT molecular complexity index is 545. The van der Waals surface area contributed by atoms with Gasteiger partial charge in [0, 0.05) is 18.3 Å². The van der Waals surface area contributed by atoms with Gasteiger partial charge in [-0.2, -0.15) is 0 Å². The number of carbonyl (C=O) groups is 1. The minimum Gasteiger partial charge on any atom is -0.444 e. The smallest absolute Gasteiger partial charge is 0.407 e. The summed E-state index contributed by atoms with van der Waals surface area (Å²) < 4.78 is 5.51. The number of nitrogens with two attached hydrogens (primary N) is 1. The normalized spacial score (nSPS) is 18.9. The standard InChI is InChI=1S/C15H23ClN4O2/c1-15(2,3)19-14(21)22-10-5-4-8-20(9-10)11-6-7-18-13(16)12(11)17/h6-7,10H,4-5,8-9,17H2,1-3H3,(H,19,21). The third-order valence-electron chi connectivity index (χ3n) is 3.39. The van der Waals surface area contributed by atoms with Crippen LogP contribution in [0, 0.1) is 0 Å². The van der Waals surface area contributed by atoms with Crippen molar-refractivity contribution in [2.75, 3.05) is 23.7 Å². The van der Waals surface area contributed by atoms with Crippen LogP contribution in [0.2, 0.25) is 5.15 Å². The number of hydrogen-bond acceptors (Lipinski definition) is 5. The summed E-state index contributed by atoms with van der Waals surface area (Å²) in [7, 11) is 0. The summed E-state index contributed by atoms with van der Waals surface area (Å²) in [5.74, 6) is 0. The first kappa shape index (κ1) is 16.7. The van der Waals surface area contributed by atoms with Gasteiger partial charge in [0.1, 0.15) is 6.10 Å². The molecular weight excluding hydrogens is 304 g/mol. The molecule has 1 fully saturated rings. The van der Waals surface area contributed by atoms with E-state index in [0.29, 0.717) is 17.4 Å². The van der Waals surface area contributed by atoms with E-state index in [1.54, 1.807) is 6.20 Å². The molecule has 0 bridgehead atoms. The van der Waals surface area contributed by atoms with Crippen LogP contribution < -0.4 is 16.0 Å². The van der Waals surface area contributed by atoms with Gasteiger partial charge in [-0.05, 0) is 39.7 Å². The van der Waals surface area contributed by atoms with E-state index < -0.39 is 0 Å². The van der Waals surface area contributed by atoms with Gasteiger partial charge in [-0.1, -0.05) is 11.6 Å². The van der Waals surface area contributed by atoms with Gasteiger partial charge >= 0.3 is 6.09 Å². The maximum atomic E-state index is 11.9. The molecule has 1 atom stereocenters. The minimum atomic E-state index is -0.389. The van der Waals surface area contributed by atoms with E-state index in [9.17, 15) is 4.79 Å². The lowest BCUT2D eigenvalue weighted by atomic mass is 10.1. The molecule has 2 rings (SSSR count). The predicted molar refractivity (Wildman–Crippen MR) is 88.3 cm³/mol. The number of hydrogen-bond donors (Lipinski definition) is 2. The molecule has 0 radical (unpaired) electrons. The second-order valence-corrected chi connectivity index (χ2v) is 6.88. The Labute approximate surface area is 136 Å². The molecule has 1 aliphatic rings. The third kappa shape index (κ3) is 4.40. The molecule has 1 saturated heterocycles. The highest BCUT2D eigenvalue weighted by Gasteiger charge is 2.26. The number of rotatable bonds is 2. The number of pyridine rings is 1. The SMILES string of the molecule is CC(C)(C)NC(=O)OC1CCCN(c2ccnc(Cl)c2N)C1. The molecule has 1 aliphatic heterocycles. The molecule has 2 heterocycles. The lowest BCUT2D eigenvalue weighted by molar-refractivity contribution is 0.0826. The number of amides is 1. The molecule has 0 aliphatic carbocycles. The predicted octanol–water partition coefficient (Wildman–Crippen LogP) is 2.81. The maximum Gasteiger partial charge on any atom is 0.407 e. The average Bonchev–Trinajstić information content (AvgIpc) is 2.40. The second-order valence-electron chi connectivity index (χ2n) is 6.53. The van der Waals surface area contributed by atoms with Crippen molar-refractivity contribution >= 4 is 29.1 Å². The van der Waals surface area contributed by atoms with Gasteiger partial charge in [0.05, 0.1) is 17.9 Å². The Morgan fingerprint density at radius 3 is 2.95 bits per heavy atom. The zero-order valence-corrected chi connectivity index (χ0v) is 14.0. The Morgan fingerprint density at radius 2 is 2.27 bits per heavy atom. The number of nitrogen functional groups attached to an aromatic ring is 1. The number of anilines is 2. The maximum absolute atomic E-state index is 11.9. The summed E-state index contributed by atoms with van der Waals surface area (Å²) in [5.41, 5.74) is 6.98. The number of ether oxygens (including phenoxy) is 1. The topological polar surface area (TPSA) is 80.5 Å². The first-order chi connectivity index (χ1) is 10.3. The van der Waals surface area contributed by atoms with Crippen LogP contribution in [0.1, 0.15) is 33.6 Å². The highest BCUT2D eigenvalue weighted by Crippen LogP contribution is 2.30. The molecular formula is C15H23ClN4O2. The summed E-state index contributed by atoms with van der Waals surface area (Å²) in [6.45, 7) is 7.21. The molecule has 1 unspecified atom stereocenters. The van der Waals surface area contributed by atoms with Crippen molar-refractivity contribution in [3.63, 3.8) is 0 Å². The number of carbonyl (C=O) groups excluding carboxylic acids is 1. The summed E-state index contributed by atoms with van der Waals surface area (Å²) in [6, 6.07) is 1.83. The van der Waals surface area contributed by atoms with Crippen LogP contribution in [-0.4, -0.2) is 35.8 Å². The van der Waals surface area contributed by atoms with Crippen molar-refractivity contribution in [1.82, 2.24) is 10.3 Å². The van der Waals surface area contributed by atoms with E-state index in [1.807, 2.05) is 26.8 Å². The van der Waals surface area contributed by atoms with E-state index in [1.165, 1.54) is 0 Å². The van der Waals surface area contributed by atoms with Gasteiger partial charge in [0.25, 0.3) is 0 Å². The van der Waals surface area contributed by atoms with Crippen molar-refractivity contribution in [2.24, 2.45) is 0 Å². The molecule has 0 aromatic carbocycles. The van der Waals surface area contributed by atoms with Gasteiger partial charge in [0.2, 0.25) is 0 Å². The van der Waals surface area contributed by atoms with Crippen molar-refractivity contribution in [3.05, 3.63) is 17.4 Å². The van der Waals surface area contributed by atoms with E-state index >= 15 is 0 Å². The zero-order chi connectivity index (χ0) is 16.3. The number of halogens is 1. The molecule has 122 valence electrons. The van der Waals surface area contributed by atoms with Crippen LogP contribution in [-0.2, 0) is 4.74 Å². The molecule has 0 spiro atoms. The van der Waals surface area contributed by atoms with Crippen molar-refractivity contribution in [2.45, 2.75) is 45.3 Å². The van der Waals surface area contributed by atoms with E-state index in [2.05, 4.69) is 15.2 Å². The third-order valence-corrected chi connectivity index (χ3v) is 3.69. The lowest BCUT2D eigenvalue weighted by Gasteiger charge is -2.35. The fourth-order valence-corrected chi connectivity index (χ4v) is 2.61. The number of nitrogens with one attached hydrogen (secondary N) is 1. The van der Waals surface area contributed by atoms with Gasteiger partial charge in [0.15, 0.2) is 5.15 Å². The fraction of sp³-hybridized carbons (Fsp3) is 0.600. The minimum absolute atomic E-state index is 0.164. The average molecular weight is 327 g/mol. The molecule has 0 saturated carbocycles. The second kappa shape index (κ2) is 6.60. The number of aromatic nitrogens is 1. The van der Waals surface area contributed by atoms with Gasteiger partial charge < -0.3 is 20.7 Å². The van der Waals surface area contributed by atoms with Crippen LogP contribution in [0.4, 0.5) is 16.2 Å². The highest BCUT2D eigenvalue weighted by atomic mass is 35.5. The Balaban J connectivity index is 2.00. The highest BCUT2D eigenvalue weighted by molar-refractivity contribution is 6.32. The summed E-state index contributed by atoms with van der Waals surface area (Å²) in [5, 5.41) is 3.10. The van der Waals surface area contributed by atoms with Crippen LogP contribution in [0.3, 0.4) is 0 Å². The molecule has 7 heteroatoms. The first-order valence-corrected chi connectivity index (χ1v) is 7.78. The molecule has 6 nitrogen and oxygen atoms in total. The molecule has 3 N–H and O–H groups in total. The molecule has 22 heavy (non-hydrogen) atoms. The van der Waals surface area contributed by atoms with Crippen LogP contribution >= 0.6 is 11.6 Å². The van der Waals surface area contributed by atoms with Crippen LogP contribution in [0.5, 0.6) is 0 Å². The van der Waals surface area contributed by atoms with Crippen molar-refractivity contribution in [1.29, 1.82) is 0 Å². The molecule has 1 amide bonds. The summed E-state index contributed by atoms with van der Waals surface area (Å²) in [4.78, 5) is 17.9. The van der Waals surface area contributed by atoms with E-state index in [-0.39, 0.29) is 17.7 Å². The molecule has 1 aromatic rings. The lowest BCUT2D eigenvalue weighted by Crippen LogP contribution is -2.46. The van der Waals surface area contributed by atoms with Crippen LogP contribution in [0.25, 0.3) is 0 Å². The first-order valence-electron chi connectivity index (χ1n) is 7.40. The number of piperidine rings is 1. The van der Waals surface area contributed by atoms with E-state index in [0.717, 1.165) is 25.1 Å². The summed E-state index contributed by atoms with van der Waals surface area (Å²) in [6.07, 6.45) is 2.84. The number of alkyl carbamates (subject to hydrolysis) is 1. The van der Waals surface area contributed by atoms with Crippen molar-refractivity contribution in [3.8, 4) is 0 Å². The monoisotopic (exact) mass is 326 g/mol. The Hall–Kier alpha value is -1.69. The molecule has 1 aromatic heterocycles. The van der Waals surface area contributed by atoms with Crippen molar-refractivity contribution < 1.29 is 9.53 Å². The summed E-state index contributed by atoms with van der Waals surface area (Å²) >= 11 is 5.97. The van der Waals surface area contributed by atoms with E-state index in [4.69, 9.17) is 22.1 Å². The fourth-order valence-electron chi connectivity index (χ4n) is 2.45. The quantitative estimate of drug-likeness (QED) is 0.817. The van der Waals surface area contributed by atoms with Gasteiger partial charge in [-0.25, -0.2) is 9.78 Å². The Kier molecular flexibility index (Phi) is 5.01. The van der Waals surface area contributed by atoms with Crippen LogP contribution in [0.15, 0.2) is 12.3 Å². The van der Waals surface area contributed by atoms with Gasteiger partial charge in [-0.3, -0.25) is 0 Å².